The first kappa shape index (κ1) is 17.6. The third-order valence-electron chi connectivity index (χ3n) is 5.14. The molecule has 27 heavy (non-hydrogen) atoms. The fourth-order valence-electron chi connectivity index (χ4n) is 3.52. The molecule has 0 aliphatic carbocycles. The van der Waals surface area contributed by atoms with E-state index in [1.165, 1.54) is 0 Å². The highest BCUT2D eigenvalue weighted by atomic mass is 16.5. The second kappa shape index (κ2) is 7.84. The van der Waals surface area contributed by atoms with Gasteiger partial charge in [-0.1, -0.05) is 0 Å². The van der Waals surface area contributed by atoms with Crippen LogP contribution in [0, 0.1) is 0 Å². The van der Waals surface area contributed by atoms with Crippen molar-refractivity contribution in [2.75, 3.05) is 52.5 Å². The first-order chi connectivity index (χ1) is 13.2. The van der Waals surface area contributed by atoms with Gasteiger partial charge in [0.2, 0.25) is 0 Å². The Hall–Kier alpha value is -2.80. The molecule has 1 aromatic carbocycles. The van der Waals surface area contributed by atoms with E-state index in [0.717, 1.165) is 5.69 Å². The van der Waals surface area contributed by atoms with Crippen molar-refractivity contribution in [1.82, 2.24) is 19.3 Å². The SMILES string of the molecule is O=C(c1ccc(-n2cccc2)cc1)N1CCN(C(=O)N2CCOCC2)CC1. The molecular formula is C20H24N4O3. The maximum absolute atomic E-state index is 12.8. The highest BCUT2D eigenvalue weighted by Crippen LogP contribution is 2.14. The average Bonchev–Trinajstić information content (AvgIpc) is 3.28. The molecule has 2 aliphatic heterocycles. The van der Waals surface area contributed by atoms with E-state index in [1.54, 1.807) is 0 Å². The highest BCUT2D eigenvalue weighted by molar-refractivity contribution is 5.94. The molecule has 0 spiro atoms. The van der Waals surface area contributed by atoms with Crippen LogP contribution in [0.25, 0.3) is 5.69 Å². The second-order valence-corrected chi connectivity index (χ2v) is 6.80. The molecule has 0 unspecified atom stereocenters. The summed E-state index contributed by atoms with van der Waals surface area (Å²) in [6.07, 6.45) is 3.95. The molecule has 0 N–H and O–H groups in total. The number of carbonyl (C=O) groups is 2. The zero-order valence-corrected chi connectivity index (χ0v) is 15.3. The van der Waals surface area contributed by atoms with Crippen LogP contribution >= 0.6 is 0 Å². The molecule has 3 amide bonds. The van der Waals surface area contributed by atoms with Crippen molar-refractivity contribution in [2.24, 2.45) is 0 Å². The fraction of sp³-hybridized carbons (Fsp3) is 0.400. The molecule has 142 valence electrons. The predicted molar refractivity (Wildman–Crippen MR) is 101 cm³/mol. The number of amides is 3. The van der Waals surface area contributed by atoms with Crippen molar-refractivity contribution in [2.45, 2.75) is 0 Å². The lowest BCUT2D eigenvalue weighted by molar-refractivity contribution is 0.0362. The van der Waals surface area contributed by atoms with Crippen LogP contribution in [-0.2, 0) is 4.74 Å². The molecule has 2 aliphatic rings. The zero-order chi connectivity index (χ0) is 18.6. The van der Waals surface area contributed by atoms with Crippen molar-refractivity contribution in [1.29, 1.82) is 0 Å². The van der Waals surface area contributed by atoms with Gasteiger partial charge in [0.25, 0.3) is 5.91 Å². The summed E-state index contributed by atoms with van der Waals surface area (Å²) < 4.78 is 7.30. The minimum atomic E-state index is 0.0209. The van der Waals surface area contributed by atoms with Gasteiger partial charge in [0, 0.05) is 62.9 Å². The van der Waals surface area contributed by atoms with Gasteiger partial charge < -0.3 is 24.0 Å². The van der Waals surface area contributed by atoms with Gasteiger partial charge >= 0.3 is 6.03 Å². The second-order valence-electron chi connectivity index (χ2n) is 6.80. The highest BCUT2D eigenvalue weighted by Gasteiger charge is 2.28. The largest absolute Gasteiger partial charge is 0.378 e. The molecule has 0 radical (unpaired) electrons. The Labute approximate surface area is 158 Å². The van der Waals surface area contributed by atoms with Gasteiger partial charge in [-0.25, -0.2) is 4.79 Å². The fourth-order valence-corrected chi connectivity index (χ4v) is 3.52. The summed E-state index contributed by atoms with van der Waals surface area (Å²) in [7, 11) is 0. The molecule has 7 nitrogen and oxygen atoms in total. The Bertz CT molecular complexity index is 774. The number of aromatic nitrogens is 1. The predicted octanol–water partition coefficient (Wildman–Crippen LogP) is 1.69. The number of morpholine rings is 1. The van der Waals surface area contributed by atoms with E-state index in [0.29, 0.717) is 58.0 Å². The van der Waals surface area contributed by atoms with Gasteiger partial charge in [-0.3, -0.25) is 4.79 Å². The first-order valence-corrected chi connectivity index (χ1v) is 9.37. The zero-order valence-electron chi connectivity index (χ0n) is 15.3. The molecule has 7 heteroatoms. The number of rotatable bonds is 2. The van der Waals surface area contributed by atoms with E-state index < -0.39 is 0 Å². The average molecular weight is 368 g/mol. The van der Waals surface area contributed by atoms with Crippen LogP contribution in [0.4, 0.5) is 4.79 Å². The monoisotopic (exact) mass is 368 g/mol. The van der Waals surface area contributed by atoms with Crippen molar-refractivity contribution >= 4 is 11.9 Å². The number of ether oxygens (including phenoxy) is 1. The Morgan fingerprint density at radius 3 is 1.93 bits per heavy atom. The molecule has 2 aromatic rings. The number of carbonyl (C=O) groups excluding carboxylic acids is 2. The van der Waals surface area contributed by atoms with E-state index in [2.05, 4.69) is 0 Å². The molecule has 3 heterocycles. The number of benzene rings is 1. The number of nitrogens with zero attached hydrogens (tertiary/aromatic N) is 4. The number of urea groups is 1. The minimum Gasteiger partial charge on any atom is -0.378 e. The van der Waals surface area contributed by atoms with Crippen LogP contribution in [0.2, 0.25) is 0 Å². The van der Waals surface area contributed by atoms with E-state index in [4.69, 9.17) is 4.74 Å². The number of piperazine rings is 1. The normalized spacial score (nSPS) is 17.9. The Balaban J connectivity index is 1.33. The summed E-state index contributed by atoms with van der Waals surface area (Å²) in [6, 6.07) is 11.6. The van der Waals surface area contributed by atoms with Crippen LogP contribution in [0.15, 0.2) is 48.8 Å². The smallest absolute Gasteiger partial charge is 0.320 e. The lowest BCUT2D eigenvalue weighted by Gasteiger charge is -2.38. The Morgan fingerprint density at radius 2 is 1.30 bits per heavy atom. The summed E-state index contributed by atoms with van der Waals surface area (Å²) in [5.41, 5.74) is 1.70. The lowest BCUT2D eigenvalue weighted by atomic mass is 10.1. The van der Waals surface area contributed by atoms with Crippen molar-refractivity contribution in [3.05, 3.63) is 54.4 Å². The van der Waals surface area contributed by atoms with E-state index in [9.17, 15) is 9.59 Å². The first-order valence-electron chi connectivity index (χ1n) is 9.37. The summed E-state index contributed by atoms with van der Waals surface area (Å²) in [4.78, 5) is 30.8. The number of hydrogen-bond acceptors (Lipinski definition) is 3. The van der Waals surface area contributed by atoms with Gasteiger partial charge in [0.1, 0.15) is 0 Å². The summed E-state index contributed by atoms with van der Waals surface area (Å²) in [5, 5.41) is 0. The molecule has 4 rings (SSSR count). The molecule has 0 saturated carbocycles. The number of hydrogen-bond donors (Lipinski definition) is 0. The molecule has 2 saturated heterocycles. The minimum absolute atomic E-state index is 0.0209. The van der Waals surface area contributed by atoms with Gasteiger partial charge in [0.15, 0.2) is 0 Å². The quantitative estimate of drug-likeness (QED) is 0.811. The molecule has 1 aromatic heterocycles. The molecular weight excluding hydrogens is 344 g/mol. The van der Waals surface area contributed by atoms with E-state index >= 15 is 0 Å². The molecule has 0 atom stereocenters. The van der Waals surface area contributed by atoms with Crippen LogP contribution in [0.3, 0.4) is 0 Å². The van der Waals surface area contributed by atoms with Gasteiger partial charge in [0.05, 0.1) is 13.2 Å². The molecule has 0 bridgehead atoms. The Morgan fingerprint density at radius 1 is 0.741 bits per heavy atom. The van der Waals surface area contributed by atoms with E-state index in [1.807, 2.05) is 68.1 Å². The molecule has 2 fully saturated rings. The van der Waals surface area contributed by atoms with Crippen molar-refractivity contribution in [3.8, 4) is 5.69 Å². The standard InChI is InChI=1S/C20H24N4O3/c25-19(17-3-5-18(6-4-17)21-7-1-2-8-21)22-9-11-23(12-10-22)20(26)24-13-15-27-16-14-24/h1-8H,9-16H2. The summed E-state index contributed by atoms with van der Waals surface area (Å²) in [5.74, 6) is 0.0209. The maximum atomic E-state index is 12.8. The summed E-state index contributed by atoms with van der Waals surface area (Å²) >= 11 is 0. The third kappa shape index (κ3) is 3.83. The van der Waals surface area contributed by atoms with E-state index in [-0.39, 0.29) is 11.9 Å². The lowest BCUT2D eigenvalue weighted by Crippen LogP contribution is -2.55. The third-order valence-corrected chi connectivity index (χ3v) is 5.14. The van der Waals surface area contributed by atoms with Crippen LogP contribution in [0.5, 0.6) is 0 Å². The topological polar surface area (TPSA) is 58.0 Å². The van der Waals surface area contributed by atoms with Crippen molar-refractivity contribution in [3.63, 3.8) is 0 Å². The van der Waals surface area contributed by atoms with Gasteiger partial charge in [-0.2, -0.15) is 0 Å². The maximum Gasteiger partial charge on any atom is 0.320 e. The van der Waals surface area contributed by atoms with Crippen molar-refractivity contribution < 1.29 is 14.3 Å². The van der Waals surface area contributed by atoms with Crippen LogP contribution in [0.1, 0.15) is 10.4 Å². The summed E-state index contributed by atoms with van der Waals surface area (Å²) in [6.45, 7) is 4.76. The van der Waals surface area contributed by atoms with Gasteiger partial charge in [-0.15, -0.1) is 0 Å². The van der Waals surface area contributed by atoms with Crippen LogP contribution in [-0.4, -0.2) is 83.7 Å². The Kier molecular flexibility index (Phi) is 5.11. The van der Waals surface area contributed by atoms with Crippen LogP contribution < -0.4 is 0 Å². The van der Waals surface area contributed by atoms with Gasteiger partial charge in [-0.05, 0) is 36.4 Å².